The summed E-state index contributed by atoms with van der Waals surface area (Å²) in [5.74, 6) is -0.518. The summed E-state index contributed by atoms with van der Waals surface area (Å²) < 4.78 is 0. The number of aryl methyl sites for hydroxylation is 1. The van der Waals surface area contributed by atoms with Crippen molar-refractivity contribution in [3.63, 3.8) is 0 Å². The maximum absolute atomic E-state index is 11.4. The van der Waals surface area contributed by atoms with Gasteiger partial charge in [-0.1, -0.05) is 36.4 Å². The van der Waals surface area contributed by atoms with Crippen molar-refractivity contribution < 1.29 is 9.59 Å². The number of benzene rings is 1. The highest BCUT2D eigenvalue weighted by atomic mass is 16.2. The fraction of sp³-hybridized carbons (Fsp3) is 0.333. The maximum Gasteiger partial charge on any atom is 0.229 e. The van der Waals surface area contributed by atoms with Gasteiger partial charge in [0.2, 0.25) is 11.8 Å². The van der Waals surface area contributed by atoms with Gasteiger partial charge in [0.15, 0.2) is 0 Å². The first-order valence-electron chi connectivity index (χ1n) is 6.40. The number of nitrogens with one attached hydrogen (secondary N) is 2. The third-order valence-electron chi connectivity index (χ3n) is 2.57. The summed E-state index contributed by atoms with van der Waals surface area (Å²) >= 11 is 0. The van der Waals surface area contributed by atoms with E-state index < -0.39 is 0 Å². The van der Waals surface area contributed by atoms with E-state index in [2.05, 4.69) is 29.3 Å². The van der Waals surface area contributed by atoms with Gasteiger partial charge in [-0.3, -0.25) is 9.59 Å². The second kappa shape index (κ2) is 8.91. The first kappa shape index (κ1) is 15.0. The topological polar surface area (TPSA) is 58.2 Å². The summed E-state index contributed by atoms with van der Waals surface area (Å²) in [6.45, 7) is 4.46. The second-order valence-electron chi connectivity index (χ2n) is 4.21. The van der Waals surface area contributed by atoms with Gasteiger partial charge in [0.25, 0.3) is 0 Å². The van der Waals surface area contributed by atoms with Gasteiger partial charge >= 0.3 is 0 Å². The van der Waals surface area contributed by atoms with Gasteiger partial charge < -0.3 is 10.6 Å². The van der Waals surface area contributed by atoms with Crippen LogP contribution in [-0.4, -0.2) is 24.9 Å². The lowest BCUT2D eigenvalue weighted by Crippen LogP contribution is -2.32. The molecule has 0 aliphatic heterocycles. The van der Waals surface area contributed by atoms with Crippen LogP contribution in [0.4, 0.5) is 0 Å². The van der Waals surface area contributed by atoms with Gasteiger partial charge in [0.05, 0.1) is 0 Å². The molecule has 1 rings (SSSR count). The van der Waals surface area contributed by atoms with Crippen molar-refractivity contribution in [1.29, 1.82) is 0 Å². The lowest BCUT2D eigenvalue weighted by Gasteiger charge is -2.05. The molecule has 2 amide bonds. The van der Waals surface area contributed by atoms with Gasteiger partial charge in [-0.05, 0) is 18.4 Å². The molecule has 102 valence electrons. The van der Waals surface area contributed by atoms with E-state index in [9.17, 15) is 9.59 Å². The first-order valence-corrected chi connectivity index (χ1v) is 6.40. The maximum atomic E-state index is 11.4. The molecular weight excluding hydrogens is 240 g/mol. The molecular formula is C15H20N2O2. The molecule has 4 heteroatoms. The van der Waals surface area contributed by atoms with Crippen LogP contribution in [0.1, 0.15) is 18.4 Å². The van der Waals surface area contributed by atoms with Gasteiger partial charge in [0, 0.05) is 13.1 Å². The average Bonchev–Trinajstić information content (AvgIpc) is 2.42. The normalized spacial score (nSPS) is 9.68. The van der Waals surface area contributed by atoms with E-state index in [0.717, 1.165) is 12.8 Å². The lowest BCUT2D eigenvalue weighted by atomic mass is 10.1. The van der Waals surface area contributed by atoms with Crippen LogP contribution in [0.3, 0.4) is 0 Å². The molecule has 0 aromatic heterocycles. The van der Waals surface area contributed by atoms with Crippen molar-refractivity contribution >= 4 is 11.8 Å². The average molecular weight is 260 g/mol. The van der Waals surface area contributed by atoms with Gasteiger partial charge in [-0.15, -0.1) is 6.58 Å². The molecule has 0 aliphatic carbocycles. The zero-order valence-electron chi connectivity index (χ0n) is 11.0. The Morgan fingerprint density at radius 1 is 1.11 bits per heavy atom. The Bertz CT molecular complexity index is 415. The molecule has 0 atom stereocenters. The monoisotopic (exact) mass is 260 g/mol. The van der Waals surface area contributed by atoms with Crippen LogP contribution in [0, 0.1) is 0 Å². The molecule has 0 radical (unpaired) electrons. The van der Waals surface area contributed by atoms with Crippen LogP contribution in [0.5, 0.6) is 0 Å². The molecule has 19 heavy (non-hydrogen) atoms. The highest BCUT2D eigenvalue weighted by Crippen LogP contribution is 2.01. The molecule has 1 aromatic carbocycles. The molecule has 4 nitrogen and oxygen atoms in total. The van der Waals surface area contributed by atoms with Gasteiger partial charge in [-0.25, -0.2) is 0 Å². The Hall–Kier alpha value is -2.10. The predicted molar refractivity (Wildman–Crippen MR) is 75.6 cm³/mol. The zero-order valence-corrected chi connectivity index (χ0v) is 11.0. The minimum Gasteiger partial charge on any atom is -0.356 e. The molecule has 0 fully saturated rings. The van der Waals surface area contributed by atoms with Gasteiger partial charge in [0.1, 0.15) is 6.42 Å². The van der Waals surface area contributed by atoms with Crippen LogP contribution in [-0.2, 0) is 16.0 Å². The summed E-state index contributed by atoms with van der Waals surface area (Å²) in [6.07, 6.45) is 3.24. The van der Waals surface area contributed by atoms with E-state index >= 15 is 0 Å². The standard InChI is InChI=1S/C15H20N2O2/c1-2-10-16-14(18)12-15(19)17-11-6-9-13-7-4-3-5-8-13/h2-5,7-8H,1,6,9-12H2,(H,16,18)(H,17,19). The third kappa shape index (κ3) is 7.03. The SMILES string of the molecule is C=CCNC(=O)CC(=O)NCCCc1ccccc1. The number of hydrogen-bond acceptors (Lipinski definition) is 2. The molecule has 0 aliphatic rings. The number of hydrogen-bond donors (Lipinski definition) is 2. The summed E-state index contributed by atoms with van der Waals surface area (Å²) in [6, 6.07) is 10.1. The van der Waals surface area contributed by atoms with Crippen LogP contribution < -0.4 is 10.6 Å². The molecule has 1 aromatic rings. The largest absolute Gasteiger partial charge is 0.356 e. The quantitative estimate of drug-likeness (QED) is 0.422. The Labute approximate surface area is 113 Å². The predicted octanol–water partition coefficient (Wildman–Crippen LogP) is 1.43. The van der Waals surface area contributed by atoms with Crippen LogP contribution in [0.2, 0.25) is 0 Å². The highest BCUT2D eigenvalue weighted by molar-refractivity contribution is 5.96. The fourth-order valence-corrected chi connectivity index (χ4v) is 1.62. The van der Waals surface area contributed by atoms with E-state index in [1.165, 1.54) is 5.56 Å². The van der Waals surface area contributed by atoms with Crippen LogP contribution >= 0.6 is 0 Å². The van der Waals surface area contributed by atoms with E-state index in [0.29, 0.717) is 13.1 Å². The summed E-state index contributed by atoms with van der Waals surface area (Å²) in [7, 11) is 0. The smallest absolute Gasteiger partial charge is 0.229 e. The van der Waals surface area contributed by atoms with Crippen molar-refractivity contribution in [2.24, 2.45) is 0 Å². The lowest BCUT2D eigenvalue weighted by molar-refractivity contribution is -0.129. The Morgan fingerprint density at radius 3 is 2.47 bits per heavy atom. The number of carbonyl (C=O) groups excluding carboxylic acids is 2. The van der Waals surface area contributed by atoms with E-state index in [1.807, 2.05) is 18.2 Å². The minimum absolute atomic E-state index is 0.126. The third-order valence-corrected chi connectivity index (χ3v) is 2.57. The Morgan fingerprint density at radius 2 is 1.79 bits per heavy atom. The number of amides is 2. The number of rotatable bonds is 8. The molecule has 0 bridgehead atoms. The Balaban J connectivity index is 2.10. The van der Waals surface area contributed by atoms with E-state index in [1.54, 1.807) is 6.08 Å². The fourth-order valence-electron chi connectivity index (χ4n) is 1.62. The zero-order chi connectivity index (χ0) is 13.9. The highest BCUT2D eigenvalue weighted by Gasteiger charge is 2.07. The van der Waals surface area contributed by atoms with Crippen molar-refractivity contribution in [2.75, 3.05) is 13.1 Å². The van der Waals surface area contributed by atoms with Crippen molar-refractivity contribution in [3.8, 4) is 0 Å². The molecule has 0 saturated carbocycles. The Kier molecular flexibility index (Phi) is 7.02. The molecule has 0 spiro atoms. The number of carbonyl (C=O) groups is 2. The van der Waals surface area contributed by atoms with Crippen molar-refractivity contribution in [2.45, 2.75) is 19.3 Å². The second-order valence-corrected chi connectivity index (χ2v) is 4.21. The summed E-state index contributed by atoms with van der Waals surface area (Å²) in [5, 5.41) is 5.30. The van der Waals surface area contributed by atoms with Gasteiger partial charge in [-0.2, -0.15) is 0 Å². The van der Waals surface area contributed by atoms with Crippen molar-refractivity contribution in [3.05, 3.63) is 48.6 Å². The molecule has 0 unspecified atom stereocenters. The molecule has 2 N–H and O–H groups in total. The van der Waals surface area contributed by atoms with Crippen LogP contribution in [0.25, 0.3) is 0 Å². The summed E-state index contributed by atoms with van der Waals surface area (Å²) in [5.41, 5.74) is 1.25. The minimum atomic E-state index is -0.277. The summed E-state index contributed by atoms with van der Waals surface area (Å²) in [4.78, 5) is 22.7. The molecule has 0 heterocycles. The van der Waals surface area contributed by atoms with E-state index in [-0.39, 0.29) is 18.2 Å². The van der Waals surface area contributed by atoms with Crippen LogP contribution in [0.15, 0.2) is 43.0 Å². The molecule has 0 saturated heterocycles. The van der Waals surface area contributed by atoms with Crippen molar-refractivity contribution in [1.82, 2.24) is 10.6 Å². The van der Waals surface area contributed by atoms with E-state index in [4.69, 9.17) is 0 Å². The first-order chi connectivity index (χ1) is 9.22.